The van der Waals surface area contributed by atoms with Gasteiger partial charge in [-0.15, -0.1) is 0 Å². The molecular formula is C12H17ClN2O5S. The SMILES string of the molecule is CCC(CC)(COc1cccnc1[N+](=O)[O-])CS(=O)(=O)Cl. The van der Waals surface area contributed by atoms with Crippen molar-refractivity contribution in [3.05, 3.63) is 28.4 Å². The zero-order valence-electron chi connectivity index (χ0n) is 11.8. The zero-order chi connectivity index (χ0) is 16.1. The predicted molar refractivity (Wildman–Crippen MR) is 79.0 cm³/mol. The fourth-order valence-electron chi connectivity index (χ4n) is 1.93. The van der Waals surface area contributed by atoms with Gasteiger partial charge in [0, 0.05) is 16.1 Å². The van der Waals surface area contributed by atoms with Gasteiger partial charge < -0.3 is 14.9 Å². The molecule has 0 saturated carbocycles. The zero-order valence-corrected chi connectivity index (χ0v) is 13.4. The molecule has 0 atom stereocenters. The van der Waals surface area contributed by atoms with E-state index in [1.807, 2.05) is 13.8 Å². The number of hydrogen-bond acceptors (Lipinski definition) is 6. The monoisotopic (exact) mass is 336 g/mol. The van der Waals surface area contributed by atoms with Crippen molar-refractivity contribution in [3.8, 4) is 5.75 Å². The van der Waals surface area contributed by atoms with Crippen molar-refractivity contribution in [3.63, 3.8) is 0 Å². The molecule has 0 saturated heterocycles. The summed E-state index contributed by atoms with van der Waals surface area (Å²) < 4.78 is 28.1. The van der Waals surface area contributed by atoms with Crippen molar-refractivity contribution in [2.45, 2.75) is 26.7 Å². The molecular weight excluding hydrogens is 320 g/mol. The maximum absolute atomic E-state index is 11.3. The molecule has 0 aromatic carbocycles. The number of aromatic nitrogens is 1. The minimum Gasteiger partial charge on any atom is -0.485 e. The maximum atomic E-state index is 11.3. The van der Waals surface area contributed by atoms with Crippen LogP contribution in [0.4, 0.5) is 5.82 Å². The van der Waals surface area contributed by atoms with E-state index in [0.29, 0.717) is 12.8 Å². The highest BCUT2D eigenvalue weighted by Crippen LogP contribution is 2.32. The third-order valence-electron chi connectivity index (χ3n) is 3.44. The molecule has 0 N–H and O–H groups in total. The number of nitrogens with zero attached hydrogens (tertiary/aromatic N) is 2. The van der Waals surface area contributed by atoms with Crippen molar-refractivity contribution in [2.24, 2.45) is 5.41 Å². The van der Waals surface area contributed by atoms with Gasteiger partial charge >= 0.3 is 5.82 Å². The number of rotatable bonds is 8. The van der Waals surface area contributed by atoms with Crippen molar-refractivity contribution in [2.75, 3.05) is 12.4 Å². The summed E-state index contributed by atoms with van der Waals surface area (Å²) in [5.74, 6) is -0.629. The Labute approximate surface area is 127 Å². The Morgan fingerprint density at radius 3 is 2.52 bits per heavy atom. The maximum Gasteiger partial charge on any atom is 0.406 e. The quantitative estimate of drug-likeness (QED) is 0.411. The lowest BCUT2D eigenvalue weighted by Gasteiger charge is -2.29. The molecule has 9 heteroatoms. The third kappa shape index (κ3) is 5.13. The van der Waals surface area contributed by atoms with Crippen molar-refractivity contribution >= 4 is 25.6 Å². The standard InChI is InChI=1S/C12H17ClN2O5S/c1-3-12(4-2,9-21(13,18)19)8-20-10-6-5-7-14-11(10)15(16)17/h5-7H,3-4,8-9H2,1-2H3. The molecule has 0 aliphatic rings. The topological polar surface area (TPSA) is 99.4 Å². The van der Waals surface area contributed by atoms with Gasteiger partial charge in [-0.1, -0.05) is 13.8 Å². The smallest absolute Gasteiger partial charge is 0.406 e. The van der Waals surface area contributed by atoms with Crippen LogP contribution in [0.1, 0.15) is 26.7 Å². The molecule has 1 rings (SSSR count). The fraction of sp³-hybridized carbons (Fsp3) is 0.583. The Hall–Kier alpha value is -1.41. The Morgan fingerprint density at radius 1 is 1.43 bits per heavy atom. The summed E-state index contributed by atoms with van der Waals surface area (Å²) in [5, 5.41) is 10.9. The lowest BCUT2D eigenvalue weighted by atomic mass is 9.85. The molecule has 0 spiro atoms. The Balaban J connectivity index is 2.95. The first-order chi connectivity index (χ1) is 9.73. The van der Waals surface area contributed by atoms with E-state index in [4.69, 9.17) is 15.4 Å². The first-order valence-corrected chi connectivity index (χ1v) is 8.85. The van der Waals surface area contributed by atoms with E-state index in [-0.39, 0.29) is 18.1 Å². The van der Waals surface area contributed by atoms with Crippen LogP contribution in [0.15, 0.2) is 18.3 Å². The van der Waals surface area contributed by atoms with Gasteiger partial charge in [0.05, 0.1) is 12.4 Å². The van der Waals surface area contributed by atoms with Crippen molar-refractivity contribution < 1.29 is 18.1 Å². The summed E-state index contributed by atoms with van der Waals surface area (Å²) in [5.41, 5.74) is -0.690. The molecule has 1 heterocycles. The van der Waals surface area contributed by atoms with Gasteiger partial charge in [-0.25, -0.2) is 8.42 Å². The van der Waals surface area contributed by atoms with E-state index in [0.717, 1.165) is 0 Å². The van der Waals surface area contributed by atoms with Gasteiger partial charge in [0.1, 0.15) is 6.20 Å². The third-order valence-corrected chi connectivity index (χ3v) is 4.72. The van der Waals surface area contributed by atoms with E-state index >= 15 is 0 Å². The van der Waals surface area contributed by atoms with Gasteiger partial charge in [-0.2, -0.15) is 0 Å². The van der Waals surface area contributed by atoms with Crippen LogP contribution in [-0.2, 0) is 9.05 Å². The van der Waals surface area contributed by atoms with Gasteiger partial charge in [0.25, 0.3) is 0 Å². The van der Waals surface area contributed by atoms with Crippen molar-refractivity contribution in [1.29, 1.82) is 0 Å². The van der Waals surface area contributed by atoms with E-state index in [1.54, 1.807) is 0 Å². The van der Waals surface area contributed by atoms with Crippen LogP contribution in [0.2, 0.25) is 0 Å². The molecule has 0 unspecified atom stereocenters. The van der Waals surface area contributed by atoms with Crippen LogP contribution in [0.5, 0.6) is 5.75 Å². The molecule has 0 bridgehead atoms. The van der Waals surface area contributed by atoms with E-state index in [1.165, 1.54) is 18.3 Å². The van der Waals surface area contributed by atoms with Gasteiger partial charge in [-0.05, 0) is 34.9 Å². The molecule has 1 aromatic heterocycles. The number of pyridine rings is 1. The number of nitro groups is 1. The highest BCUT2D eigenvalue weighted by atomic mass is 35.7. The van der Waals surface area contributed by atoms with Crippen LogP contribution in [0.25, 0.3) is 0 Å². The Morgan fingerprint density at radius 2 is 2.05 bits per heavy atom. The molecule has 1 aromatic rings. The minimum absolute atomic E-state index is 0.0124. The number of halogens is 1. The number of hydrogen-bond donors (Lipinski definition) is 0. The molecule has 21 heavy (non-hydrogen) atoms. The normalized spacial score (nSPS) is 12.1. The summed E-state index contributed by atoms with van der Waals surface area (Å²) in [7, 11) is 1.64. The van der Waals surface area contributed by atoms with Gasteiger partial charge in [-0.3, -0.25) is 0 Å². The number of ether oxygens (including phenoxy) is 1. The average molecular weight is 337 g/mol. The molecule has 0 fully saturated rings. The largest absolute Gasteiger partial charge is 0.485 e. The minimum atomic E-state index is -3.69. The second-order valence-electron chi connectivity index (χ2n) is 4.76. The van der Waals surface area contributed by atoms with E-state index in [9.17, 15) is 18.5 Å². The highest BCUT2D eigenvalue weighted by molar-refractivity contribution is 8.13. The fourth-order valence-corrected chi connectivity index (χ4v) is 3.85. The Bertz CT molecular complexity index is 601. The summed E-state index contributed by atoms with van der Waals surface area (Å²) in [6.07, 6.45) is 2.33. The van der Waals surface area contributed by atoms with Gasteiger partial charge in [0.2, 0.25) is 14.8 Å². The molecule has 7 nitrogen and oxygen atoms in total. The average Bonchev–Trinajstić information content (AvgIpc) is 2.42. The van der Waals surface area contributed by atoms with Crippen LogP contribution in [-0.4, -0.2) is 30.7 Å². The summed E-state index contributed by atoms with van der Waals surface area (Å²) >= 11 is 0. The molecule has 0 amide bonds. The Kier molecular flexibility index (Phi) is 5.91. The summed E-state index contributed by atoms with van der Waals surface area (Å²) in [6, 6.07) is 2.94. The second kappa shape index (κ2) is 7.04. The molecule has 0 aliphatic carbocycles. The van der Waals surface area contributed by atoms with E-state index < -0.39 is 25.2 Å². The van der Waals surface area contributed by atoms with Crippen LogP contribution >= 0.6 is 10.7 Å². The second-order valence-corrected chi connectivity index (χ2v) is 7.54. The van der Waals surface area contributed by atoms with Crippen LogP contribution < -0.4 is 4.74 Å². The molecule has 118 valence electrons. The summed E-state index contributed by atoms with van der Waals surface area (Å²) in [6.45, 7) is 3.66. The predicted octanol–water partition coefficient (Wildman–Crippen LogP) is 2.74. The summed E-state index contributed by atoms with van der Waals surface area (Å²) in [4.78, 5) is 13.9. The first-order valence-electron chi connectivity index (χ1n) is 6.37. The van der Waals surface area contributed by atoms with E-state index in [2.05, 4.69) is 4.98 Å². The van der Waals surface area contributed by atoms with Crippen molar-refractivity contribution in [1.82, 2.24) is 4.98 Å². The lowest BCUT2D eigenvalue weighted by molar-refractivity contribution is -0.390. The van der Waals surface area contributed by atoms with Gasteiger partial charge in [0.15, 0.2) is 0 Å². The first kappa shape index (κ1) is 17.6. The molecule has 0 radical (unpaired) electrons. The lowest BCUT2D eigenvalue weighted by Crippen LogP contribution is -2.33. The molecule has 0 aliphatic heterocycles. The highest BCUT2D eigenvalue weighted by Gasteiger charge is 2.33. The van der Waals surface area contributed by atoms with Crippen LogP contribution in [0, 0.1) is 15.5 Å². The van der Waals surface area contributed by atoms with Crippen LogP contribution in [0.3, 0.4) is 0 Å².